The highest BCUT2D eigenvalue weighted by Crippen LogP contribution is 2.28. The fraction of sp³-hybridized carbons (Fsp3) is 0.0769. The minimum Gasteiger partial charge on any atom is -0.459 e. The molecule has 0 aliphatic rings. The second-order valence-electron chi connectivity index (χ2n) is 4.08. The first-order chi connectivity index (χ1) is 10.7. The van der Waals surface area contributed by atoms with Crippen molar-refractivity contribution in [2.75, 3.05) is 5.75 Å². The number of thioether (sulfide) groups is 1. The van der Waals surface area contributed by atoms with Crippen molar-refractivity contribution in [1.29, 1.82) is 0 Å². The number of nitrogens with one attached hydrogen (secondary N) is 2. The molecule has 0 radical (unpaired) electrons. The summed E-state index contributed by atoms with van der Waals surface area (Å²) in [6.07, 6.45) is 2.85. The Balaban J connectivity index is 1.52. The second kappa shape index (κ2) is 6.58. The highest BCUT2D eigenvalue weighted by molar-refractivity contribution is 8.00. The molecule has 0 aliphatic carbocycles. The first kappa shape index (κ1) is 14.5. The van der Waals surface area contributed by atoms with Gasteiger partial charge >= 0.3 is 5.91 Å². The fourth-order valence-corrected chi connectivity index (χ4v) is 3.38. The number of hydrogen-bond donors (Lipinski definition) is 2. The van der Waals surface area contributed by atoms with Crippen LogP contribution in [0.15, 0.2) is 45.6 Å². The maximum Gasteiger partial charge on any atom is 0.305 e. The molecule has 0 aromatic carbocycles. The van der Waals surface area contributed by atoms with E-state index in [-0.39, 0.29) is 17.4 Å². The van der Waals surface area contributed by atoms with Crippen molar-refractivity contribution in [2.45, 2.75) is 5.03 Å². The Morgan fingerprint density at radius 2 is 2.18 bits per heavy atom. The fourth-order valence-electron chi connectivity index (χ4n) is 1.63. The highest BCUT2D eigenvalue weighted by atomic mass is 32.2. The number of carbonyl (C=O) groups excluding carboxylic acids is 2. The monoisotopic (exact) mass is 334 g/mol. The Bertz CT molecular complexity index is 801. The number of hydrazine groups is 1. The van der Waals surface area contributed by atoms with Gasteiger partial charge in [-0.1, -0.05) is 11.8 Å². The number of nitrogens with zero attached hydrogens (tertiary/aromatic N) is 2. The summed E-state index contributed by atoms with van der Waals surface area (Å²) in [4.78, 5) is 31.6. The van der Waals surface area contributed by atoms with Crippen molar-refractivity contribution in [3.05, 3.63) is 41.9 Å². The first-order valence-electron chi connectivity index (χ1n) is 6.18. The number of aromatic nitrogens is 2. The van der Waals surface area contributed by atoms with Crippen LogP contribution in [0.1, 0.15) is 10.6 Å². The van der Waals surface area contributed by atoms with E-state index in [9.17, 15) is 9.59 Å². The Kier molecular flexibility index (Phi) is 4.35. The SMILES string of the molecule is O=C(CSc1ncnc2ccsc12)NNC(=O)c1ccco1. The Morgan fingerprint density at radius 1 is 1.27 bits per heavy atom. The molecule has 3 heterocycles. The minimum absolute atomic E-state index is 0.127. The van der Waals surface area contributed by atoms with Gasteiger partial charge in [0.1, 0.15) is 11.4 Å². The lowest BCUT2D eigenvalue weighted by Crippen LogP contribution is -2.42. The van der Waals surface area contributed by atoms with Crippen molar-refractivity contribution in [3.63, 3.8) is 0 Å². The highest BCUT2D eigenvalue weighted by Gasteiger charge is 2.11. The molecule has 3 aromatic heterocycles. The Morgan fingerprint density at radius 3 is 3.00 bits per heavy atom. The van der Waals surface area contributed by atoms with Crippen molar-refractivity contribution >= 4 is 45.1 Å². The summed E-state index contributed by atoms with van der Waals surface area (Å²) in [5.41, 5.74) is 5.46. The van der Waals surface area contributed by atoms with Crippen LogP contribution in [0, 0.1) is 0 Å². The molecule has 112 valence electrons. The lowest BCUT2D eigenvalue weighted by Gasteiger charge is -2.05. The molecule has 3 aromatic rings. The van der Waals surface area contributed by atoms with E-state index in [2.05, 4.69) is 20.8 Å². The molecular weight excluding hydrogens is 324 g/mol. The zero-order valence-electron chi connectivity index (χ0n) is 11.1. The molecule has 2 N–H and O–H groups in total. The average molecular weight is 334 g/mol. The van der Waals surface area contributed by atoms with Gasteiger partial charge in [-0.2, -0.15) is 0 Å². The van der Waals surface area contributed by atoms with Crippen molar-refractivity contribution < 1.29 is 14.0 Å². The molecule has 0 bridgehead atoms. The van der Waals surface area contributed by atoms with Crippen LogP contribution in [0.2, 0.25) is 0 Å². The van der Waals surface area contributed by atoms with Gasteiger partial charge in [-0.15, -0.1) is 11.3 Å². The smallest absolute Gasteiger partial charge is 0.305 e. The molecule has 0 aliphatic heterocycles. The van der Waals surface area contributed by atoms with E-state index in [0.29, 0.717) is 0 Å². The van der Waals surface area contributed by atoms with Gasteiger partial charge in [0.05, 0.1) is 22.2 Å². The van der Waals surface area contributed by atoms with E-state index in [1.807, 2.05) is 11.4 Å². The molecule has 7 nitrogen and oxygen atoms in total. The third-order valence-electron chi connectivity index (χ3n) is 2.61. The summed E-state index contributed by atoms with van der Waals surface area (Å²) in [5.74, 6) is -0.592. The van der Waals surface area contributed by atoms with E-state index in [1.54, 1.807) is 6.07 Å². The molecule has 3 rings (SSSR count). The maximum atomic E-state index is 11.7. The molecule has 0 atom stereocenters. The molecule has 0 saturated heterocycles. The van der Waals surface area contributed by atoms with Crippen molar-refractivity contribution in [2.24, 2.45) is 0 Å². The van der Waals surface area contributed by atoms with Crippen LogP contribution < -0.4 is 10.9 Å². The number of furan rings is 1. The van der Waals surface area contributed by atoms with Gasteiger partial charge in [-0.3, -0.25) is 20.4 Å². The van der Waals surface area contributed by atoms with E-state index in [1.165, 1.54) is 41.8 Å². The van der Waals surface area contributed by atoms with Gasteiger partial charge in [0.25, 0.3) is 0 Å². The van der Waals surface area contributed by atoms with Gasteiger partial charge in [0.15, 0.2) is 5.76 Å². The molecule has 0 spiro atoms. The zero-order valence-corrected chi connectivity index (χ0v) is 12.7. The number of hydrogen-bond acceptors (Lipinski definition) is 7. The van der Waals surface area contributed by atoms with Crippen LogP contribution in [0.5, 0.6) is 0 Å². The van der Waals surface area contributed by atoms with Crippen molar-refractivity contribution in [3.8, 4) is 0 Å². The van der Waals surface area contributed by atoms with Crippen LogP contribution in [-0.4, -0.2) is 27.5 Å². The summed E-state index contributed by atoms with van der Waals surface area (Å²) < 4.78 is 5.86. The summed E-state index contributed by atoms with van der Waals surface area (Å²) in [6, 6.07) is 4.99. The largest absolute Gasteiger partial charge is 0.459 e. The maximum absolute atomic E-state index is 11.7. The van der Waals surface area contributed by atoms with Crippen LogP contribution >= 0.6 is 23.1 Å². The number of amides is 2. The van der Waals surface area contributed by atoms with Crippen LogP contribution in [0.4, 0.5) is 0 Å². The summed E-state index contributed by atoms with van der Waals surface area (Å²) in [5, 5.41) is 2.67. The number of rotatable bonds is 4. The van der Waals surface area contributed by atoms with Gasteiger partial charge in [-0.05, 0) is 23.6 Å². The van der Waals surface area contributed by atoms with Gasteiger partial charge in [0, 0.05) is 0 Å². The third-order valence-corrected chi connectivity index (χ3v) is 4.64. The minimum atomic E-state index is -0.508. The summed E-state index contributed by atoms with van der Waals surface area (Å²) >= 11 is 2.81. The van der Waals surface area contributed by atoms with E-state index >= 15 is 0 Å². The van der Waals surface area contributed by atoms with Crippen LogP contribution in [-0.2, 0) is 4.79 Å². The average Bonchev–Trinajstić information content (AvgIpc) is 3.21. The normalized spacial score (nSPS) is 10.5. The first-order valence-corrected chi connectivity index (χ1v) is 8.04. The lowest BCUT2D eigenvalue weighted by molar-refractivity contribution is -0.119. The number of carbonyl (C=O) groups is 2. The van der Waals surface area contributed by atoms with E-state index in [0.717, 1.165) is 15.2 Å². The molecule has 0 saturated carbocycles. The number of fused-ring (bicyclic) bond motifs is 1. The molecular formula is C13H10N4O3S2. The van der Waals surface area contributed by atoms with Crippen molar-refractivity contribution in [1.82, 2.24) is 20.8 Å². The summed E-state index contributed by atoms with van der Waals surface area (Å²) in [7, 11) is 0. The predicted octanol–water partition coefficient (Wildman–Crippen LogP) is 1.84. The second-order valence-corrected chi connectivity index (χ2v) is 5.96. The van der Waals surface area contributed by atoms with Crippen LogP contribution in [0.25, 0.3) is 10.2 Å². The Labute approximate surface area is 133 Å². The topological polar surface area (TPSA) is 97.1 Å². The van der Waals surface area contributed by atoms with Crippen LogP contribution in [0.3, 0.4) is 0 Å². The lowest BCUT2D eigenvalue weighted by atomic mass is 10.4. The number of thiophene rings is 1. The van der Waals surface area contributed by atoms with Gasteiger partial charge in [-0.25, -0.2) is 9.97 Å². The van der Waals surface area contributed by atoms with E-state index in [4.69, 9.17) is 4.42 Å². The molecule has 22 heavy (non-hydrogen) atoms. The van der Waals surface area contributed by atoms with E-state index < -0.39 is 5.91 Å². The Hall–Kier alpha value is -2.39. The predicted molar refractivity (Wildman–Crippen MR) is 82.5 cm³/mol. The summed E-state index contributed by atoms with van der Waals surface area (Å²) in [6.45, 7) is 0. The molecule has 0 unspecified atom stereocenters. The standard InChI is InChI=1S/C13H10N4O3S2/c18-10(16-17-12(19)9-2-1-4-20-9)6-22-13-11-8(3-5-21-11)14-7-15-13/h1-5,7H,6H2,(H,16,18)(H,17,19). The van der Waals surface area contributed by atoms with Gasteiger partial charge < -0.3 is 4.42 Å². The van der Waals surface area contributed by atoms with Gasteiger partial charge in [0.2, 0.25) is 5.91 Å². The molecule has 2 amide bonds. The molecule has 0 fully saturated rings. The molecule has 9 heteroatoms. The third kappa shape index (κ3) is 3.26. The zero-order chi connectivity index (χ0) is 15.4. The quantitative estimate of drug-likeness (QED) is 0.429.